The van der Waals surface area contributed by atoms with Gasteiger partial charge in [-0.15, -0.1) is 0 Å². The van der Waals surface area contributed by atoms with Gasteiger partial charge >= 0.3 is 6.09 Å². The third-order valence-electron chi connectivity index (χ3n) is 3.57. The number of aryl methyl sites for hydroxylation is 1. The van der Waals surface area contributed by atoms with Crippen molar-refractivity contribution in [3.63, 3.8) is 0 Å². The largest absolute Gasteiger partial charge is 0.444 e. The second-order valence-electron chi connectivity index (χ2n) is 6.90. The zero-order chi connectivity index (χ0) is 14.9. The number of carbonyl (C=O) groups excluding carboxylic acids is 1. The Morgan fingerprint density at radius 1 is 1.35 bits per heavy atom. The topological polar surface area (TPSA) is 29.5 Å². The van der Waals surface area contributed by atoms with Crippen molar-refractivity contribution < 1.29 is 9.53 Å². The molecule has 0 aromatic heterocycles. The van der Waals surface area contributed by atoms with Crippen LogP contribution in [0.1, 0.15) is 51.3 Å². The molecule has 1 heterocycles. The highest BCUT2D eigenvalue weighted by atomic mass is 16.6. The molecular weight excluding hydrogens is 250 g/mol. The number of ether oxygens (including phenoxy) is 1. The molecule has 1 aromatic rings. The lowest BCUT2D eigenvalue weighted by Crippen LogP contribution is -2.36. The summed E-state index contributed by atoms with van der Waals surface area (Å²) in [6.07, 6.45) is 0.802. The lowest BCUT2D eigenvalue weighted by molar-refractivity contribution is 0.0220. The summed E-state index contributed by atoms with van der Waals surface area (Å²) in [7, 11) is 0. The summed E-state index contributed by atoms with van der Waals surface area (Å²) < 4.78 is 5.54. The lowest BCUT2D eigenvalue weighted by Gasteiger charge is -2.29. The van der Waals surface area contributed by atoms with Gasteiger partial charge in [-0.25, -0.2) is 4.79 Å². The molecule has 3 nitrogen and oxygen atoms in total. The normalized spacial score (nSPS) is 22.9. The van der Waals surface area contributed by atoms with Gasteiger partial charge in [0.25, 0.3) is 0 Å². The van der Waals surface area contributed by atoms with Gasteiger partial charge in [0, 0.05) is 6.54 Å². The molecule has 1 amide bonds. The van der Waals surface area contributed by atoms with Crippen molar-refractivity contribution in [2.45, 2.75) is 52.7 Å². The van der Waals surface area contributed by atoms with Gasteiger partial charge in [0.15, 0.2) is 0 Å². The summed E-state index contributed by atoms with van der Waals surface area (Å²) in [5, 5.41) is 0. The number of amides is 1. The van der Waals surface area contributed by atoms with Crippen LogP contribution >= 0.6 is 0 Å². The highest BCUT2D eigenvalue weighted by Gasteiger charge is 2.36. The summed E-state index contributed by atoms with van der Waals surface area (Å²) in [6, 6.07) is 8.55. The SMILES string of the molecule is Cc1cccc(C2C[C@H](C)CN2C(=O)OC(C)(C)C)c1. The Labute approximate surface area is 121 Å². The van der Waals surface area contributed by atoms with Crippen LogP contribution in [0, 0.1) is 12.8 Å². The monoisotopic (exact) mass is 275 g/mol. The van der Waals surface area contributed by atoms with Crippen LogP contribution in [0.3, 0.4) is 0 Å². The molecule has 110 valence electrons. The van der Waals surface area contributed by atoms with Crippen LogP contribution in [0.25, 0.3) is 0 Å². The van der Waals surface area contributed by atoms with Gasteiger partial charge in [0.1, 0.15) is 5.60 Å². The van der Waals surface area contributed by atoms with Crippen molar-refractivity contribution in [3.8, 4) is 0 Å². The molecule has 0 radical (unpaired) electrons. The highest BCUT2D eigenvalue weighted by Crippen LogP contribution is 2.36. The van der Waals surface area contributed by atoms with Crippen molar-refractivity contribution in [2.24, 2.45) is 5.92 Å². The van der Waals surface area contributed by atoms with Gasteiger partial charge < -0.3 is 9.64 Å². The molecule has 0 saturated carbocycles. The van der Waals surface area contributed by atoms with E-state index in [0.29, 0.717) is 5.92 Å². The van der Waals surface area contributed by atoms with E-state index in [1.54, 1.807) is 0 Å². The standard InChI is InChI=1S/C17H25NO2/c1-12-7-6-8-14(9-12)15-10-13(2)11-18(15)16(19)20-17(3,4)5/h6-9,13,15H,10-11H2,1-5H3/t13-,15?/m0/s1. The molecule has 1 saturated heterocycles. The third kappa shape index (κ3) is 3.53. The molecule has 1 fully saturated rings. The second kappa shape index (κ2) is 5.47. The summed E-state index contributed by atoms with van der Waals surface area (Å²) in [5.41, 5.74) is 1.99. The Bertz CT molecular complexity index is 490. The van der Waals surface area contributed by atoms with E-state index in [4.69, 9.17) is 4.74 Å². The number of benzene rings is 1. The van der Waals surface area contributed by atoms with E-state index in [1.807, 2.05) is 25.7 Å². The first-order valence-corrected chi connectivity index (χ1v) is 7.32. The van der Waals surface area contributed by atoms with E-state index in [9.17, 15) is 4.79 Å². The molecule has 1 aliphatic heterocycles. The minimum Gasteiger partial charge on any atom is -0.444 e. The van der Waals surface area contributed by atoms with Crippen LogP contribution in [0.15, 0.2) is 24.3 Å². The van der Waals surface area contributed by atoms with Crippen LogP contribution in [-0.2, 0) is 4.74 Å². The minimum absolute atomic E-state index is 0.139. The van der Waals surface area contributed by atoms with E-state index >= 15 is 0 Å². The highest BCUT2D eigenvalue weighted by molar-refractivity contribution is 5.69. The molecule has 1 aliphatic rings. The number of nitrogens with zero attached hydrogens (tertiary/aromatic N) is 1. The first-order valence-electron chi connectivity index (χ1n) is 7.32. The predicted octanol–water partition coefficient (Wildman–Crippen LogP) is 4.31. The van der Waals surface area contributed by atoms with Crippen LogP contribution in [0.2, 0.25) is 0 Å². The number of carbonyl (C=O) groups is 1. The predicted molar refractivity (Wildman–Crippen MR) is 80.6 cm³/mol. The summed E-state index contributed by atoms with van der Waals surface area (Å²) in [5.74, 6) is 0.507. The maximum absolute atomic E-state index is 12.4. The Hall–Kier alpha value is -1.51. The second-order valence-corrected chi connectivity index (χ2v) is 6.90. The van der Waals surface area contributed by atoms with Crippen molar-refractivity contribution in [1.82, 2.24) is 4.90 Å². The molecule has 1 aromatic carbocycles. The van der Waals surface area contributed by atoms with Gasteiger partial charge in [-0.1, -0.05) is 36.8 Å². The van der Waals surface area contributed by atoms with Gasteiger partial charge in [-0.3, -0.25) is 0 Å². The van der Waals surface area contributed by atoms with Crippen LogP contribution in [0.4, 0.5) is 4.79 Å². The van der Waals surface area contributed by atoms with E-state index in [1.165, 1.54) is 11.1 Å². The number of likely N-dealkylation sites (tertiary alicyclic amines) is 1. The van der Waals surface area contributed by atoms with Crippen LogP contribution in [0.5, 0.6) is 0 Å². The third-order valence-corrected chi connectivity index (χ3v) is 3.57. The Morgan fingerprint density at radius 2 is 2.05 bits per heavy atom. The molecule has 20 heavy (non-hydrogen) atoms. The average molecular weight is 275 g/mol. The maximum atomic E-state index is 12.4. The molecule has 3 heteroatoms. The molecule has 2 atom stereocenters. The molecule has 2 rings (SSSR count). The summed E-state index contributed by atoms with van der Waals surface area (Å²) >= 11 is 0. The molecule has 1 unspecified atom stereocenters. The molecule has 0 bridgehead atoms. The van der Waals surface area contributed by atoms with Crippen molar-refractivity contribution >= 4 is 6.09 Å². The van der Waals surface area contributed by atoms with Crippen LogP contribution in [-0.4, -0.2) is 23.1 Å². The van der Waals surface area contributed by atoms with Gasteiger partial charge in [-0.2, -0.15) is 0 Å². The van der Waals surface area contributed by atoms with E-state index in [-0.39, 0.29) is 12.1 Å². The first kappa shape index (κ1) is 14.9. The Kier molecular flexibility index (Phi) is 4.07. The smallest absolute Gasteiger partial charge is 0.410 e. The van der Waals surface area contributed by atoms with Crippen molar-refractivity contribution in [2.75, 3.05) is 6.54 Å². The summed E-state index contributed by atoms with van der Waals surface area (Å²) in [6.45, 7) is 10.8. The zero-order valence-electron chi connectivity index (χ0n) is 13.1. The lowest BCUT2D eigenvalue weighted by atomic mass is 9.99. The van der Waals surface area contributed by atoms with Crippen LogP contribution < -0.4 is 0 Å². The fourth-order valence-corrected chi connectivity index (χ4v) is 2.76. The average Bonchev–Trinajstić information content (AvgIpc) is 2.69. The van der Waals surface area contributed by atoms with Gasteiger partial charge in [-0.05, 0) is 45.6 Å². The van der Waals surface area contributed by atoms with E-state index in [2.05, 4.69) is 38.1 Å². The Balaban J connectivity index is 2.21. The van der Waals surface area contributed by atoms with Crippen molar-refractivity contribution in [1.29, 1.82) is 0 Å². The number of hydrogen-bond acceptors (Lipinski definition) is 2. The molecule has 0 spiro atoms. The summed E-state index contributed by atoms with van der Waals surface area (Å²) in [4.78, 5) is 14.3. The van der Waals surface area contributed by atoms with Gasteiger partial charge in [0.05, 0.1) is 6.04 Å². The minimum atomic E-state index is -0.444. The number of rotatable bonds is 1. The fraction of sp³-hybridized carbons (Fsp3) is 0.588. The quantitative estimate of drug-likeness (QED) is 0.764. The van der Waals surface area contributed by atoms with Gasteiger partial charge in [0.2, 0.25) is 0 Å². The zero-order valence-corrected chi connectivity index (χ0v) is 13.1. The molecule has 0 N–H and O–H groups in total. The van der Waals surface area contributed by atoms with E-state index in [0.717, 1.165) is 13.0 Å². The van der Waals surface area contributed by atoms with Crippen molar-refractivity contribution in [3.05, 3.63) is 35.4 Å². The number of hydrogen-bond donors (Lipinski definition) is 0. The fourth-order valence-electron chi connectivity index (χ4n) is 2.76. The molecular formula is C17H25NO2. The Morgan fingerprint density at radius 3 is 2.65 bits per heavy atom. The molecule has 0 aliphatic carbocycles. The van der Waals surface area contributed by atoms with E-state index < -0.39 is 5.60 Å². The maximum Gasteiger partial charge on any atom is 0.410 e. The first-order chi connectivity index (χ1) is 9.26.